The van der Waals surface area contributed by atoms with Crippen molar-refractivity contribution in [3.05, 3.63) is 80.5 Å². The Kier molecular flexibility index (Phi) is 5.97. The number of benzene rings is 2. The van der Waals surface area contributed by atoms with Gasteiger partial charge in [-0.25, -0.2) is 14.8 Å². The van der Waals surface area contributed by atoms with E-state index in [0.29, 0.717) is 11.3 Å². The molecule has 3 rings (SSSR count). The number of aromatic hydroxyl groups is 1. The zero-order valence-electron chi connectivity index (χ0n) is 16.1. The number of aromatic nitrogens is 2. The van der Waals surface area contributed by atoms with Crippen molar-refractivity contribution < 1.29 is 19.4 Å². The molecule has 2 aromatic carbocycles. The van der Waals surface area contributed by atoms with E-state index in [0.717, 1.165) is 10.8 Å². The Bertz CT molecular complexity index is 1210. The van der Waals surface area contributed by atoms with Crippen molar-refractivity contribution in [2.24, 2.45) is 5.10 Å². The highest BCUT2D eigenvalue weighted by molar-refractivity contribution is 5.95. The number of rotatable bonds is 6. The zero-order chi connectivity index (χ0) is 21.7. The second-order valence-electron chi connectivity index (χ2n) is 5.93. The minimum Gasteiger partial charge on any atom is -0.497 e. The molecule has 1 amide bonds. The van der Waals surface area contributed by atoms with Gasteiger partial charge in [-0.1, -0.05) is 18.2 Å². The minimum atomic E-state index is -0.894. The van der Waals surface area contributed by atoms with Gasteiger partial charge in [0.25, 0.3) is 11.5 Å². The molecule has 0 fully saturated rings. The first-order chi connectivity index (χ1) is 14.5. The molecule has 0 aliphatic heterocycles. The fourth-order valence-corrected chi connectivity index (χ4v) is 2.66. The Balaban J connectivity index is 2.02. The van der Waals surface area contributed by atoms with Crippen LogP contribution < -0.4 is 26.1 Å². The molecule has 1 aromatic heterocycles. The summed E-state index contributed by atoms with van der Waals surface area (Å²) in [4.78, 5) is 38.7. The van der Waals surface area contributed by atoms with Crippen LogP contribution >= 0.6 is 0 Å². The molecule has 0 unspecified atom stereocenters. The molecule has 154 valence electrons. The quantitative estimate of drug-likeness (QED) is 0.410. The van der Waals surface area contributed by atoms with Crippen LogP contribution in [0.3, 0.4) is 0 Å². The van der Waals surface area contributed by atoms with E-state index in [1.807, 2.05) is 0 Å². The van der Waals surface area contributed by atoms with Gasteiger partial charge < -0.3 is 14.6 Å². The van der Waals surface area contributed by atoms with E-state index in [9.17, 15) is 19.5 Å². The Morgan fingerprint density at radius 2 is 1.87 bits per heavy atom. The fourth-order valence-electron chi connectivity index (χ4n) is 2.66. The number of ether oxygens (including phenoxy) is 2. The van der Waals surface area contributed by atoms with Crippen LogP contribution in [-0.4, -0.2) is 41.0 Å². The molecule has 0 saturated carbocycles. The van der Waals surface area contributed by atoms with Crippen molar-refractivity contribution in [1.29, 1.82) is 0 Å². The molecule has 1 heterocycles. The molecule has 30 heavy (non-hydrogen) atoms. The summed E-state index contributed by atoms with van der Waals surface area (Å²) in [5.74, 6) is -0.548. The second kappa shape index (κ2) is 8.78. The number of aromatic amines is 1. The maximum Gasteiger partial charge on any atom is 0.335 e. The van der Waals surface area contributed by atoms with Gasteiger partial charge in [0.1, 0.15) is 17.1 Å². The molecule has 0 radical (unpaired) electrons. The maximum absolute atomic E-state index is 12.4. The zero-order valence-corrected chi connectivity index (χ0v) is 16.1. The van der Waals surface area contributed by atoms with Crippen LogP contribution in [0.5, 0.6) is 17.4 Å². The average Bonchev–Trinajstić information content (AvgIpc) is 2.76. The van der Waals surface area contributed by atoms with Crippen LogP contribution in [0.2, 0.25) is 0 Å². The number of hydrogen-bond acceptors (Lipinski definition) is 7. The van der Waals surface area contributed by atoms with Gasteiger partial charge >= 0.3 is 5.69 Å². The van der Waals surface area contributed by atoms with Gasteiger partial charge in [-0.15, -0.1) is 0 Å². The third-order valence-electron chi connectivity index (χ3n) is 4.14. The van der Waals surface area contributed by atoms with E-state index in [1.165, 1.54) is 20.3 Å². The average molecular weight is 410 g/mol. The number of H-pyrrole nitrogens is 1. The summed E-state index contributed by atoms with van der Waals surface area (Å²) in [7, 11) is 2.83. The fraction of sp³-hybridized carbons (Fsp3) is 0.100. The highest BCUT2D eigenvalue weighted by Gasteiger charge is 2.18. The predicted octanol–water partition coefficient (Wildman–Crippen LogP) is 1.01. The van der Waals surface area contributed by atoms with Gasteiger partial charge in [0, 0.05) is 11.6 Å². The molecule has 0 spiro atoms. The maximum atomic E-state index is 12.4. The van der Waals surface area contributed by atoms with E-state index >= 15 is 0 Å². The molecule has 0 aliphatic rings. The number of methoxy groups -OCH3 is 2. The molecule has 0 atom stereocenters. The van der Waals surface area contributed by atoms with Gasteiger partial charge in [-0.2, -0.15) is 5.10 Å². The number of hydrogen-bond donors (Lipinski definition) is 3. The minimum absolute atomic E-state index is 0.138. The number of nitrogens with one attached hydrogen (secondary N) is 2. The van der Waals surface area contributed by atoms with E-state index in [4.69, 9.17) is 9.47 Å². The summed E-state index contributed by atoms with van der Waals surface area (Å²) in [6, 6.07) is 12.9. The molecular weight excluding hydrogens is 392 g/mol. The first-order valence-corrected chi connectivity index (χ1v) is 8.65. The number of hydrazone groups is 1. The van der Waals surface area contributed by atoms with E-state index in [1.54, 1.807) is 42.5 Å². The van der Waals surface area contributed by atoms with Crippen molar-refractivity contribution >= 4 is 12.1 Å². The van der Waals surface area contributed by atoms with Crippen LogP contribution in [0.15, 0.2) is 63.2 Å². The lowest BCUT2D eigenvalue weighted by molar-refractivity contribution is 0.0955. The van der Waals surface area contributed by atoms with E-state index in [-0.39, 0.29) is 17.0 Å². The lowest BCUT2D eigenvalue weighted by Crippen LogP contribution is -2.32. The third kappa shape index (κ3) is 4.07. The van der Waals surface area contributed by atoms with Crippen molar-refractivity contribution in [1.82, 2.24) is 15.0 Å². The predicted molar refractivity (Wildman–Crippen MR) is 109 cm³/mol. The van der Waals surface area contributed by atoms with Crippen LogP contribution in [0, 0.1) is 0 Å². The molecule has 3 N–H and O–H groups in total. The van der Waals surface area contributed by atoms with Crippen molar-refractivity contribution in [2.75, 3.05) is 14.2 Å². The Labute approximate surface area is 170 Å². The monoisotopic (exact) mass is 410 g/mol. The topological polar surface area (TPSA) is 135 Å². The Morgan fingerprint density at radius 3 is 2.53 bits per heavy atom. The van der Waals surface area contributed by atoms with Crippen LogP contribution in [-0.2, 0) is 0 Å². The van der Waals surface area contributed by atoms with Crippen molar-refractivity contribution in [2.45, 2.75) is 0 Å². The normalized spacial score (nSPS) is 10.7. The van der Waals surface area contributed by atoms with Gasteiger partial charge in [0.2, 0.25) is 5.88 Å². The number of nitrogens with zero attached hydrogens (tertiary/aromatic N) is 2. The summed E-state index contributed by atoms with van der Waals surface area (Å²) < 4.78 is 11.2. The first kappa shape index (κ1) is 20.4. The van der Waals surface area contributed by atoms with E-state index in [2.05, 4.69) is 15.5 Å². The summed E-state index contributed by atoms with van der Waals surface area (Å²) in [6.45, 7) is 0. The van der Waals surface area contributed by atoms with Gasteiger partial charge in [0.05, 0.1) is 26.1 Å². The molecule has 0 aliphatic carbocycles. The lowest BCUT2D eigenvalue weighted by Gasteiger charge is -2.14. The van der Waals surface area contributed by atoms with Crippen LogP contribution in [0.1, 0.15) is 15.9 Å². The molecular formula is C20H18N4O6. The van der Waals surface area contributed by atoms with E-state index < -0.39 is 23.0 Å². The van der Waals surface area contributed by atoms with Crippen molar-refractivity contribution in [3.63, 3.8) is 0 Å². The molecule has 10 heteroatoms. The van der Waals surface area contributed by atoms with Gasteiger partial charge in [-0.3, -0.25) is 14.6 Å². The largest absolute Gasteiger partial charge is 0.497 e. The Morgan fingerprint density at radius 1 is 1.13 bits per heavy atom. The smallest absolute Gasteiger partial charge is 0.335 e. The second-order valence-corrected chi connectivity index (χ2v) is 5.93. The number of carbonyl (C=O) groups is 1. The molecule has 0 bridgehead atoms. The lowest BCUT2D eigenvalue weighted by atomic mass is 10.2. The standard InChI is InChI=1S/C20H18N4O6/c1-29-13-8-9-16(30-2)15(10-13)24-19(27)14(18(26)22-20(24)28)11-21-23-17(25)12-6-4-3-5-7-12/h3-11,27H,1-2H3,(H,23,25)(H,22,26,28)/b21-11+. The number of amides is 1. The van der Waals surface area contributed by atoms with Crippen molar-refractivity contribution in [3.8, 4) is 23.1 Å². The number of carbonyl (C=O) groups excluding carboxylic acids is 1. The molecule has 0 saturated heterocycles. The Hall–Kier alpha value is -4.34. The van der Waals surface area contributed by atoms with Crippen LogP contribution in [0.25, 0.3) is 5.69 Å². The summed E-state index contributed by atoms with van der Waals surface area (Å²) >= 11 is 0. The summed E-state index contributed by atoms with van der Waals surface area (Å²) in [5, 5.41) is 14.3. The summed E-state index contributed by atoms with van der Waals surface area (Å²) in [5.41, 5.74) is 0.634. The SMILES string of the molecule is COc1ccc(OC)c(-n2c(O)c(/C=N/NC(=O)c3ccccc3)c(=O)[nH]c2=O)c1. The first-order valence-electron chi connectivity index (χ1n) is 8.65. The third-order valence-corrected chi connectivity index (χ3v) is 4.14. The van der Waals surface area contributed by atoms with Crippen LogP contribution in [0.4, 0.5) is 0 Å². The van der Waals surface area contributed by atoms with Gasteiger partial charge in [-0.05, 0) is 24.3 Å². The van der Waals surface area contributed by atoms with Gasteiger partial charge in [0.15, 0.2) is 0 Å². The molecule has 3 aromatic rings. The highest BCUT2D eigenvalue weighted by Crippen LogP contribution is 2.29. The summed E-state index contributed by atoms with van der Waals surface area (Å²) in [6.07, 6.45) is 0.942. The highest BCUT2D eigenvalue weighted by atomic mass is 16.5. The molecule has 10 nitrogen and oxygen atoms in total.